The molecule has 0 spiro atoms. The van der Waals surface area contributed by atoms with Crippen molar-refractivity contribution in [1.29, 1.82) is 0 Å². The van der Waals surface area contributed by atoms with Gasteiger partial charge in [-0.05, 0) is 12.5 Å². The fraction of sp³-hybridized carbons (Fsp3) is 0.125. The Kier molecular flexibility index (Phi) is 5.03. The number of benzene rings is 1. The van der Waals surface area contributed by atoms with E-state index in [0.29, 0.717) is 0 Å². The van der Waals surface area contributed by atoms with Crippen molar-refractivity contribution in [2.24, 2.45) is 5.41 Å². The van der Waals surface area contributed by atoms with Crippen LogP contribution in [-0.4, -0.2) is 22.2 Å². The summed E-state index contributed by atoms with van der Waals surface area (Å²) in [6.45, 7) is 5.12. The Hall–Kier alpha value is -2.62. The number of carboxylic acid groups (broad SMARTS) is 2. The Bertz CT molecular complexity index is 569. The summed E-state index contributed by atoms with van der Waals surface area (Å²) in [4.78, 5) is 21.7. The van der Waals surface area contributed by atoms with Crippen LogP contribution in [-0.2, 0) is 9.59 Å². The fourth-order valence-electron chi connectivity index (χ4n) is 1.57. The van der Waals surface area contributed by atoms with E-state index < -0.39 is 17.4 Å². The van der Waals surface area contributed by atoms with E-state index in [4.69, 9.17) is 10.2 Å². The maximum absolute atomic E-state index is 11.1. The lowest BCUT2D eigenvalue weighted by Crippen LogP contribution is -2.19. The molecule has 0 saturated heterocycles. The molecule has 4 heteroatoms. The van der Waals surface area contributed by atoms with E-state index in [0.717, 1.165) is 11.6 Å². The highest BCUT2D eigenvalue weighted by atomic mass is 16.4. The molecular weight excluding hydrogens is 256 g/mol. The lowest BCUT2D eigenvalue weighted by Gasteiger charge is -2.21. The number of aliphatic carboxylic acids is 2. The molecule has 0 fully saturated rings. The summed E-state index contributed by atoms with van der Waals surface area (Å²) < 4.78 is 0. The van der Waals surface area contributed by atoms with Crippen molar-refractivity contribution in [3.63, 3.8) is 0 Å². The minimum atomic E-state index is -1.17. The first-order valence-electron chi connectivity index (χ1n) is 5.94. The van der Waals surface area contributed by atoms with Gasteiger partial charge in [0.25, 0.3) is 0 Å². The lowest BCUT2D eigenvalue weighted by molar-refractivity contribution is -0.134. The van der Waals surface area contributed by atoms with Crippen LogP contribution in [0.4, 0.5) is 0 Å². The molecule has 0 aliphatic rings. The minimum Gasteiger partial charge on any atom is -0.478 e. The van der Waals surface area contributed by atoms with E-state index >= 15 is 0 Å². The molecule has 1 rings (SSSR count). The van der Waals surface area contributed by atoms with Crippen LogP contribution in [0.1, 0.15) is 12.5 Å². The molecule has 0 radical (unpaired) electrons. The number of carbonyl (C=O) groups is 2. The second kappa shape index (κ2) is 6.52. The van der Waals surface area contributed by atoms with Crippen molar-refractivity contribution in [3.05, 3.63) is 66.3 Å². The maximum atomic E-state index is 11.1. The van der Waals surface area contributed by atoms with E-state index in [9.17, 15) is 9.59 Å². The SMILES string of the molecule is C=C(C(=O)O)C(C)(C=CC(=O)O)C=Cc1ccccc1. The molecule has 1 aromatic rings. The number of hydrogen-bond donors (Lipinski definition) is 2. The summed E-state index contributed by atoms with van der Waals surface area (Å²) in [7, 11) is 0. The van der Waals surface area contributed by atoms with Gasteiger partial charge in [0, 0.05) is 17.1 Å². The highest BCUT2D eigenvalue weighted by Gasteiger charge is 2.26. The van der Waals surface area contributed by atoms with Gasteiger partial charge in [-0.2, -0.15) is 0 Å². The molecule has 1 unspecified atom stereocenters. The summed E-state index contributed by atoms with van der Waals surface area (Å²) in [5.74, 6) is -2.30. The molecule has 104 valence electrons. The molecule has 0 aliphatic heterocycles. The van der Waals surface area contributed by atoms with Crippen molar-refractivity contribution in [2.45, 2.75) is 6.92 Å². The first-order chi connectivity index (χ1) is 9.35. The van der Waals surface area contributed by atoms with Gasteiger partial charge < -0.3 is 10.2 Å². The smallest absolute Gasteiger partial charge is 0.332 e. The number of hydrogen-bond acceptors (Lipinski definition) is 2. The molecule has 1 atom stereocenters. The van der Waals surface area contributed by atoms with Crippen LogP contribution in [0.2, 0.25) is 0 Å². The number of carboxylic acids is 2. The van der Waals surface area contributed by atoms with Crippen molar-refractivity contribution < 1.29 is 19.8 Å². The second-order valence-corrected chi connectivity index (χ2v) is 4.48. The Morgan fingerprint density at radius 2 is 1.75 bits per heavy atom. The van der Waals surface area contributed by atoms with E-state index in [-0.39, 0.29) is 5.57 Å². The van der Waals surface area contributed by atoms with Crippen molar-refractivity contribution in [3.8, 4) is 0 Å². The van der Waals surface area contributed by atoms with E-state index in [1.807, 2.05) is 30.3 Å². The summed E-state index contributed by atoms with van der Waals surface area (Å²) in [6.07, 6.45) is 5.59. The monoisotopic (exact) mass is 272 g/mol. The molecule has 0 bridgehead atoms. The third kappa shape index (κ3) is 4.24. The predicted molar refractivity (Wildman–Crippen MR) is 77.1 cm³/mol. The van der Waals surface area contributed by atoms with Crippen molar-refractivity contribution >= 4 is 18.0 Å². The van der Waals surface area contributed by atoms with Crippen LogP contribution in [0.25, 0.3) is 6.08 Å². The molecular formula is C16H16O4. The van der Waals surface area contributed by atoms with Crippen LogP contribution in [0, 0.1) is 5.41 Å². The second-order valence-electron chi connectivity index (χ2n) is 4.48. The average molecular weight is 272 g/mol. The standard InChI is InChI=1S/C16H16O4/c1-12(15(19)20)16(2,11-9-14(17)18)10-8-13-6-4-3-5-7-13/h3-11H,1H2,2H3,(H,17,18)(H,19,20). The largest absolute Gasteiger partial charge is 0.478 e. The third-order valence-electron chi connectivity index (χ3n) is 2.90. The van der Waals surface area contributed by atoms with Gasteiger partial charge in [0.05, 0.1) is 0 Å². The average Bonchev–Trinajstić information content (AvgIpc) is 2.43. The summed E-state index contributed by atoms with van der Waals surface area (Å²) in [5.41, 5.74) is -0.275. The lowest BCUT2D eigenvalue weighted by atomic mass is 9.81. The van der Waals surface area contributed by atoms with E-state index in [2.05, 4.69) is 6.58 Å². The van der Waals surface area contributed by atoms with Crippen LogP contribution < -0.4 is 0 Å². The highest BCUT2D eigenvalue weighted by molar-refractivity contribution is 5.89. The highest BCUT2D eigenvalue weighted by Crippen LogP contribution is 2.30. The molecule has 1 aromatic carbocycles. The van der Waals surface area contributed by atoms with Crippen LogP contribution >= 0.6 is 0 Å². The maximum Gasteiger partial charge on any atom is 0.332 e. The molecule has 0 amide bonds. The van der Waals surface area contributed by atoms with Gasteiger partial charge in [-0.1, -0.05) is 55.1 Å². The quantitative estimate of drug-likeness (QED) is 0.781. The Morgan fingerprint density at radius 3 is 2.25 bits per heavy atom. The van der Waals surface area contributed by atoms with E-state index in [1.165, 1.54) is 6.08 Å². The van der Waals surface area contributed by atoms with Crippen molar-refractivity contribution in [2.75, 3.05) is 0 Å². The molecule has 4 nitrogen and oxygen atoms in total. The van der Waals surface area contributed by atoms with E-state index in [1.54, 1.807) is 19.1 Å². The topological polar surface area (TPSA) is 74.6 Å². The first-order valence-corrected chi connectivity index (χ1v) is 5.94. The molecule has 0 aliphatic carbocycles. The van der Waals surface area contributed by atoms with Crippen LogP contribution in [0.3, 0.4) is 0 Å². The van der Waals surface area contributed by atoms with Gasteiger partial charge in [-0.3, -0.25) is 0 Å². The van der Waals surface area contributed by atoms with Gasteiger partial charge in [0.15, 0.2) is 0 Å². The van der Waals surface area contributed by atoms with Gasteiger partial charge in [0.1, 0.15) is 0 Å². The Balaban J connectivity index is 3.11. The van der Waals surface area contributed by atoms with Gasteiger partial charge in [-0.25, -0.2) is 9.59 Å². The molecule has 0 aromatic heterocycles. The molecule has 0 heterocycles. The summed E-state index contributed by atoms with van der Waals surface area (Å²) >= 11 is 0. The van der Waals surface area contributed by atoms with Crippen LogP contribution in [0.15, 0.2) is 60.7 Å². The zero-order valence-corrected chi connectivity index (χ0v) is 11.1. The zero-order chi connectivity index (χ0) is 15.2. The zero-order valence-electron chi connectivity index (χ0n) is 11.1. The van der Waals surface area contributed by atoms with Gasteiger partial charge in [-0.15, -0.1) is 0 Å². The normalized spacial score (nSPS) is 14.2. The van der Waals surface area contributed by atoms with Crippen LogP contribution in [0.5, 0.6) is 0 Å². The number of allylic oxidation sites excluding steroid dienone is 2. The molecule has 2 N–H and O–H groups in total. The minimum absolute atomic E-state index is 0.0952. The number of rotatable bonds is 6. The van der Waals surface area contributed by atoms with Gasteiger partial charge >= 0.3 is 11.9 Å². The Labute approximate surface area is 117 Å². The van der Waals surface area contributed by atoms with Crippen molar-refractivity contribution in [1.82, 2.24) is 0 Å². The third-order valence-corrected chi connectivity index (χ3v) is 2.90. The molecule has 20 heavy (non-hydrogen) atoms. The van der Waals surface area contributed by atoms with Gasteiger partial charge in [0.2, 0.25) is 0 Å². The first kappa shape index (κ1) is 15.4. The summed E-state index contributed by atoms with van der Waals surface area (Å²) in [6, 6.07) is 9.31. The predicted octanol–water partition coefficient (Wildman–Crippen LogP) is 2.99. The fourth-order valence-corrected chi connectivity index (χ4v) is 1.57. The summed E-state index contributed by atoms with van der Waals surface area (Å²) in [5, 5.41) is 17.8. The molecule has 0 saturated carbocycles. The Morgan fingerprint density at radius 1 is 1.15 bits per heavy atom.